The van der Waals surface area contributed by atoms with Crippen molar-refractivity contribution in [2.75, 3.05) is 17.7 Å². The van der Waals surface area contributed by atoms with Gasteiger partial charge in [-0.2, -0.15) is 0 Å². The zero-order chi connectivity index (χ0) is 21.8. The normalized spacial score (nSPS) is 14.4. The number of esters is 1. The van der Waals surface area contributed by atoms with Crippen molar-refractivity contribution in [2.24, 2.45) is 0 Å². The van der Waals surface area contributed by atoms with Gasteiger partial charge in [0.15, 0.2) is 0 Å². The van der Waals surface area contributed by atoms with Gasteiger partial charge in [-0.3, -0.25) is 9.59 Å². The molecule has 0 aliphatic carbocycles. The minimum absolute atomic E-state index is 0.0127. The van der Waals surface area contributed by atoms with E-state index in [1.165, 1.54) is 7.11 Å². The van der Waals surface area contributed by atoms with Crippen molar-refractivity contribution in [3.8, 4) is 5.75 Å². The molecule has 2 amide bonds. The van der Waals surface area contributed by atoms with Crippen molar-refractivity contribution in [3.05, 3.63) is 89.5 Å². The Morgan fingerprint density at radius 2 is 1.65 bits per heavy atom. The lowest BCUT2D eigenvalue weighted by Gasteiger charge is -2.12. The lowest BCUT2D eigenvalue weighted by molar-refractivity contribution is -0.118. The van der Waals surface area contributed by atoms with E-state index in [1.54, 1.807) is 66.7 Å². The topological polar surface area (TPSA) is 93.7 Å². The van der Waals surface area contributed by atoms with Gasteiger partial charge < -0.3 is 20.1 Å². The Morgan fingerprint density at radius 3 is 2.42 bits per heavy atom. The number of hydrogen-bond acceptors (Lipinski definition) is 5. The number of para-hydroxylation sites is 2. The summed E-state index contributed by atoms with van der Waals surface area (Å²) in [7, 11) is 1.54. The molecule has 4 rings (SSSR count). The van der Waals surface area contributed by atoms with E-state index in [1.807, 2.05) is 6.07 Å². The first-order valence-corrected chi connectivity index (χ1v) is 9.69. The van der Waals surface area contributed by atoms with Gasteiger partial charge in [-0.15, -0.1) is 0 Å². The summed E-state index contributed by atoms with van der Waals surface area (Å²) >= 11 is 0. The lowest BCUT2D eigenvalue weighted by atomic mass is 10.0. The molecule has 0 unspecified atom stereocenters. The summed E-state index contributed by atoms with van der Waals surface area (Å²) in [6, 6.07) is 20.7. The highest BCUT2D eigenvalue weighted by atomic mass is 16.5. The van der Waals surface area contributed by atoms with E-state index in [0.717, 1.165) is 0 Å². The first kappa shape index (κ1) is 20.2. The molecule has 1 atom stereocenters. The molecule has 1 heterocycles. The number of hydrogen-bond donors (Lipinski definition) is 2. The molecule has 3 aromatic carbocycles. The minimum atomic E-state index is -0.602. The molecular weight excluding hydrogens is 396 g/mol. The molecule has 7 nitrogen and oxygen atoms in total. The number of carbonyl (C=O) groups excluding carboxylic acids is 3. The first-order chi connectivity index (χ1) is 15.0. The van der Waals surface area contributed by atoms with E-state index in [-0.39, 0.29) is 18.2 Å². The van der Waals surface area contributed by atoms with Crippen molar-refractivity contribution < 1.29 is 23.9 Å². The molecule has 3 aromatic rings. The zero-order valence-electron chi connectivity index (χ0n) is 16.8. The van der Waals surface area contributed by atoms with E-state index < -0.39 is 12.1 Å². The highest BCUT2D eigenvalue weighted by Crippen LogP contribution is 2.33. The Hall–Kier alpha value is -4.13. The maximum atomic E-state index is 12.5. The van der Waals surface area contributed by atoms with Crippen LogP contribution in [-0.4, -0.2) is 24.9 Å². The third-order valence-corrected chi connectivity index (χ3v) is 4.93. The third kappa shape index (κ3) is 4.40. The van der Waals surface area contributed by atoms with Gasteiger partial charge in [0, 0.05) is 16.8 Å². The highest BCUT2D eigenvalue weighted by Gasteiger charge is 2.32. The number of methoxy groups -OCH3 is 1. The molecule has 156 valence electrons. The summed E-state index contributed by atoms with van der Waals surface area (Å²) in [5.74, 6) is -0.440. The van der Waals surface area contributed by atoms with Gasteiger partial charge in [0.25, 0.3) is 5.91 Å². The molecule has 1 aliphatic rings. The van der Waals surface area contributed by atoms with Crippen LogP contribution in [0.15, 0.2) is 72.8 Å². The van der Waals surface area contributed by atoms with Crippen molar-refractivity contribution >= 4 is 29.2 Å². The number of carbonyl (C=O) groups is 3. The molecule has 0 aromatic heterocycles. The predicted octanol–water partition coefficient (Wildman–Crippen LogP) is 4.19. The van der Waals surface area contributed by atoms with Crippen LogP contribution in [0.5, 0.6) is 5.75 Å². The second-order valence-corrected chi connectivity index (χ2v) is 6.97. The van der Waals surface area contributed by atoms with Crippen molar-refractivity contribution in [1.29, 1.82) is 0 Å². The van der Waals surface area contributed by atoms with Crippen molar-refractivity contribution in [2.45, 2.75) is 12.5 Å². The molecule has 0 bridgehead atoms. The monoisotopic (exact) mass is 416 g/mol. The number of fused-ring (bicyclic) bond motifs is 1. The summed E-state index contributed by atoms with van der Waals surface area (Å²) < 4.78 is 10.5. The Balaban J connectivity index is 1.37. The average Bonchev–Trinajstić information content (AvgIpc) is 3.10. The fraction of sp³-hybridized carbons (Fsp3) is 0.125. The van der Waals surface area contributed by atoms with Gasteiger partial charge in [0.2, 0.25) is 5.91 Å². The van der Waals surface area contributed by atoms with Gasteiger partial charge in [0.05, 0.1) is 24.8 Å². The summed E-state index contributed by atoms with van der Waals surface area (Å²) in [4.78, 5) is 36.8. The van der Waals surface area contributed by atoms with Gasteiger partial charge in [-0.1, -0.05) is 30.3 Å². The van der Waals surface area contributed by atoms with Crippen molar-refractivity contribution in [1.82, 2.24) is 0 Å². The second-order valence-electron chi connectivity index (χ2n) is 6.97. The van der Waals surface area contributed by atoms with Crippen LogP contribution >= 0.6 is 0 Å². The Bertz CT molecular complexity index is 1140. The van der Waals surface area contributed by atoms with Crippen LogP contribution < -0.4 is 15.4 Å². The van der Waals surface area contributed by atoms with E-state index in [2.05, 4.69) is 10.6 Å². The van der Waals surface area contributed by atoms with Crippen LogP contribution in [0.3, 0.4) is 0 Å². The molecule has 0 spiro atoms. The Labute approximate surface area is 179 Å². The van der Waals surface area contributed by atoms with Crippen molar-refractivity contribution in [3.63, 3.8) is 0 Å². The number of ether oxygens (including phenoxy) is 2. The number of nitrogens with one attached hydrogen (secondary N) is 2. The summed E-state index contributed by atoms with van der Waals surface area (Å²) in [6.07, 6.45) is -0.590. The largest absolute Gasteiger partial charge is 0.495 e. The van der Waals surface area contributed by atoms with Crippen LogP contribution in [-0.2, 0) is 9.53 Å². The van der Waals surface area contributed by atoms with Crippen LogP contribution in [0, 0.1) is 0 Å². The van der Waals surface area contributed by atoms with Crippen LogP contribution in [0.25, 0.3) is 0 Å². The molecule has 7 heteroatoms. The molecule has 31 heavy (non-hydrogen) atoms. The number of amides is 2. The first-order valence-electron chi connectivity index (χ1n) is 9.69. The summed E-state index contributed by atoms with van der Waals surface area (Å²) in [5.41, 5.74) is 2.74. The van der Waals surface area contributed by atoms with Crippen LogP contribution in [0.2, 0.25) is 0 Å². The summed E-state index contributed by atoms with van der Waals surface area (Å²) in [6.45, 7) is 0. The number of anilines is 2. The average molecular weight is 416 g/mol. The van der Waals surface area contributed by atoms with Gasteiger partial charge >= 0.3 is 5.97 Å². The lowest BCUT2D eigenvalue weighted by Crippen LogP contribution is -2.16. The zero-order valence-corrected chi connectivity index (χ0v) is 16.8. The van der Waals surface area contributed by atoms with Gasteiger partial charge in [-0.25, -0.2) is 4.79 Å². The quantitative estimate of drug-likeness (QED) is 0.588. The smallest absolute Gasteiger partial charge is 0.339 e. The minimum Gasteiger partial charge on any atom is -0.495 e. The third-order valence-electron chi connectivity index (χ3n) is 4.93. The van der Waals surface area contributed by atoms with E-state index in [9.17, 15) is 14.4 Å². The standard InChI is InChI=1S/C24H20N2O5/c1-30-20-9-5-4-8-19(20)26-23(28)15-10-12-16(13-11-15)25-22(27)14-21-17-6-2-3-7-18(17)24(29)31-21/h2-13,21H,14H2,1H3,(H,25,27)(H,26,28)/t21-/m1/s1. The second kappa shape index (κ2) is 8.71. The van der Waals surface area contributed by atoms with Gasteiger partial charge in [0.1, 0.15) is 11.9 Å². The molecule has 0 fully saturated rings. The SMILES string of the molecule is COc1ccccc1NC(=O)c1ccc(NC(=O)C[C@H]2OC(=O)c3ccccc32)cc1. The maximum absolute atomic E-state index is 12.5. The highest BCUT2D eigenvalue weighted by molar-refractivity contribution is 6.05. The number of rotatable bonds is 6. The fourth-order valence-corrected chi connectivity index (χ4v) is 3.40. The number of benzene rings is 3. The molecule has 0 saturated heterocycles. The Morgan fingerprint density at radius 1 is 0.935 bits per heavy atom. The van der Waals surface area contributed by atoms with E-state index in [4.69, 9.17) is 9.47 Å². The van der Waals surface area contributed by atoms with Crippen LogP contribution in [0.1, 0.15) is 38.8 Å². The molecule has 0 radical (unpaired) electrons. The predicted molar refractivity (Wildman–Crippen MR) is 115 cm³/mol. The van der Waals surface area contributed by atoms with E-state index >= 15 is 0 Å². The Kier molecular flexibility index (Phi) is 5.66. The molecule has 2 N–H and O–H groups in total. The number of cyclic esters (lactones) is 1. The summed E-state index contributed by atoms with van der Waals surface area (Å²) in [5, 5.41) is 5.57. The molecular formula is C24H20N2O5. The molecule has 1 aliphatic heterocycles. The molecule has 0 saturated carbocycles. The maximum Gasteiger partial charge on any atom is 0.339 e. The van der Waals surface area contributed by atoms with Crippen LogP contribution in [0.4, 0.5) is 11.4 Å². The fourth-order valence-electron chi connectivity index (χ4n) is 3.40. The van der Waals surface area contributed by atoms with Gasteiger partial charge in [-0.05, 0) is 42.5 Å². The van der Waals surface area contributed by atoms with E-state index in [0.29, 0.717) is 33.8 Å².